The number of halogens is 3. The van der Waals surface area contributed by atoms with Crippen LogP contribution < -0.4 is 4.90 Å². The average Bonchev–Trinajstić information content (AvgIpc) is 2.26. The molecular weight excluding hydrogens is 223 g/mol. The number of rotatable bonds is 2. The number of benzene rings is 1. The van der Waals surface area contributed by atoms with Gasteiger partial charge < -0.3 is 10.0 Å². The molecule has 0 unspecified atom stereocenters. The number of hydrogen-bond donors (Lipinski definition) is 1. The lowest BCUT2D eigenvalue weighted by Gasteiger charge is -2.17. The molecule has 1 amide bonds. The van der Waals surface area contributed by atoms with Crippen LogP contribution in [0.1, 0.15) is 5.56 Å². The van der Waals surface area contributed by atoms with Crippen molar-refractivity contribution in [3.8, 4) is 0 Å². The Hall–Kier alpha value is -1.56. The first-order chi connectivity index (χ1) is 7.36. The summed E-state index contributed by atoms with van der Waals surface area (Å²) < 4.78 is 37.1. The topological polar surface area (TPSA) is 40.5 Å². The van der Waals surface area contributed by atoms with E-state index in [2.05, 4.69) is 0 Å². The third kappa shape index (κ3) is 2.73. The maximum Gasteiger partial charge on any atom is 0.416 e. The van der Waals surface area contributed by atoms with E-state index in [1.165, 1.54) is 19.2 Å². The molecule has 16 heavy (non-hydrogen) atoms. The Morgan fingerprint density at radius 2 is 2.06 bits per heavy atom. The van der Waals surface area contributed by atoms with Gasteiger partial charge in [0, 0.05) is 12.7 Å². The summed E-state index contributed by atoms with van der Waals surface area (Å²) >= 11 is 0. The fraction of sp³-hybridized carbons (Fsp3) is 0.300. The minimum absolute atomic E-state index is 0.0916. The van der Waals surface area contributed by atoms with E-state index >= 15 is 0 Å². The lowest BCUT2D eigenvalue weighted by Crippen LogP contribution is -2.29. The molecule has 3 nitrogen and oxygen atoms in total. The monoisotopic (exact) mass is 233 g/mol. The Morgan fingerprint density at radius 3 is 2.56 bits per heavy atom. The van der Waals surface area contributed by atoms with Crippen molar-refractivity contribution < 1.29 is 23.1 Å². The molecule has 1 aromatic carbocycles. The van der Waals surface area contributed by atoms with E-state index in [0.717, 1.165) is 17.0 Å². The summed E-state index contributed by atoms with van der Waals surface area (Å²) in [5.41, 5.74) is -0.739. The highest BCUT2D eigenvalue weighted by Crippen LogP contribution is 2.31. The summed E-state index contributed by atoms with van der Waals surface area (Å²) in [6, 6.07) is 4.34. The zero-order valence-corrected chi connectivity index (χ0v) is 8.45. The van der Waals surface area contributed by atoms with E-state index in [9.17, 15) is 18.0 Å². The third-order valence-corrected chi connectivity index (χ3v) is 2.07. The molecule has 0 heterocycles. The Balaban J connectivity index is 3.04. The lowest BCUT2D eigenvalue weighted by molar-refractivity contribution is -0.137. The van der Waals surface area contributed by atoms with Crippen molar-refractivity contribution in [2.75, 3.05) is 18.6 Å². The highest BCUT2D eigenvalue weighted by Gasteiger charge is 2.30. The number of amides is 1. The van der Waals surface area contributed by atoms with Gasteiger partial charge in [0.05, 0.1) is 5.56 Å². The number of likely N-dealkylation sites (N-methyl/N-ethyl adjacent to an activating group) is 1. The first-order valence-electron chi connectivity index (χ1n) is 4.41. The van der Waals surface area contributed by atoms with Crippen LogP contribution in [-0.2, 0) is 11.0 Å². The minimum Gasteiger partial charge on any atom is -0.387 e. The Morgan fingerprint density at radius 1 is 1.44 bits per heavy atom. The molecule has 0 bridgehead atoms. The van der Waals surface area contributed by atoms with Crippen LogP contribution in [0, 0.1) is 0 Å². The normalized spacial score (nSPS) is 11.3. The maximum absolute atomic E-state index is 12.4. The number of aliphatic hydroxyl groups is 1. The van der Waals surface area contributed by atoms with Crippen LogP contribution in [0.5, 0.6) is 0 Å². The molecule has 0 aromatic heterocycles. The Kier molecular flexibility index (Phi) is 3.54. The van der Waals surface area contributed by atoms with Crippen molar-refractivity contribution >= 4 is 11.6 Å². The predicted octanol–water partition coefficient (Wildman–Crippen LogP) is 1.66. The number of carbonyl (C=O) groups is 1. The summed E-state index contributed by atoms with van der Waals surface area (Å²) in [6.45, 7) is -0.743. The van der Waals surface area contributed by atoms with Gasteiger partial charge in [0.15, 0.2) is 0 Å². The van der Waals surface area contributed by atoms with Gasteiger partial charge in [-0.1, -0.05) is 6.07 Å². The molecule has 0 atom stereocenters. The quantitative estimate of drug-likeness (QED) is 0.843. The Bertz CT molecular complexity index is 390. The van der Waals surface area contributed by atoms with Crippen molar-refractivity contribution in [2.24, 2.45) is 0 Å². The van der Waals surface area contributed by atoms with Gasteiger partial charge in [-0.05, 0) is 18.2 Å². The van der Waals surface area contributed by atoms with Crippen molar-refractivity contribution in [2.45, 2.75) is 6.18 Å². The SMILES string of the molecule is CN(C(=O)CO)c1cccc(C(F)(F)F)c1. The zero-order valence-electron chi connectivity index (χ0n) is 8.45. The zero-order chi connectivity index (χ0) is 12.3. The van der Waals surface area contributed by atoms with Crippen LogP contribution >= 0.6 is 0 Å². The summed E-state index contributed by atoms with van der Waals surface area (Å²) in [5.74, 6) is -0.667. The standard InChI is InChI=1S/C10H10F3NO2/c1-14(9(16)6-15)8-4-2-3-7(5-8)10(11,12)13/h2-5,15H,6H2,1H3. The van der Waals surface area contributed by atoms with Gasteiger partial charge in [-0.2, -0.15) is 13.2 Å². The van der Waals surface area contributed by atoms with Crippen molar-refractivity contribution in [1.82, 2.24) is 0 Å². The van der Waals surface area contributed by atoms with Crippen molar-refractivity contribution in [1.29, 1.82) is 0 Å². The number of nitrogens with zero attached hydrogens (tertiary/aromatic N) is 1. The summed E-state index contributed by atoms with van der Waals surface area (Å²) in [5, 5.41) is 8.58. The lowest BCUT2D eigenvalue weighted by atomic mass is 10.2. The van der Waals surface area contributed by atoms with Crippen LogP contribution in [0.4, 0.5) is 18.9 Å². The third-order valence-electron chi connectivity index (χ3n) is 2.07. The number of aliphatic hydroxyl groups excluding tert-OH is 1. The van der Waals surface area contributed by atoms with Gasteiger partial charge >= 0.3 is 6.18 Å². The molecule has 6 heteroatoms. The van der Waals surface area contributed by atoms with Crippen molar-refractivity contribution in [3.63, 3.8) is 0 Å². The number of alkyl halides is 3. The molecule has 0 radical (unpaired) electrons. The number of hydrogen-bond acceptors (Lipinski definition) is 2. The molecule has 0 saturated carbocycles. The van der Waals surface area contributed by atoms with Crippen LogP contribution in [0.25, 0.3) is 0 Å². The molecule has 0 spiro atoms. The Labute approximate surface area is 90.1 Å². The molecule has 1 aromatic rings. The summed E-state index contributed by atoms with van der Waals surface area (Å²) in [6.07, 6.45) is -4.45. The van der Waals surface area contributed by atoms with Gasteiger partial charge in [0.25, 0.3) is 5.91 Å². The average molecular weight is 233 g/mol. The van der Waals surface area contributed by atoms with Crippen molar-refractivity contribution in [3.05, 3.63) is 29.8 Å². The fourth-order valence-corrected chi connectivity index (χ4v) is 1.14. The molecule has 0 saturated heterocycles. The van der Waals surface area contributed by atoms with Gasteiger partial charge in [0.2, 0.25) is 0 Å². The molecule has 0 aliphatic heterocycles. The molecule has 88 valence electrons. The van der Waals surface area contributed by atoms with Crippen LogP contribution in [0.3, 0.4) is 0 Å². The second kappa shape index (κ2) is 4.52. The molecule has 0 aliphatic rings. The second-order valence-electron chi connectivity index (χ2n) is 3.16. The molecule has 0 aliphatic carbocycles. The first-order valence-corrected chi connectivity index (χ1v) is 4.41. The number of carbonyl (C=O) groups excluding carboxylic acids is 1. The highest BCUT2D eigenvalue weighted by molar-refractivity contribution is 5.93. The smallest absolute Gasteiger partial charge is 0.387 e. The van der Waals surface area contributed by atoms with E-state index < -0.39 is 24.3 Å². The minimum atomic E-state index is -4.45. The fourth-order valence-electron chi connectivity index (χ4n) is 1.14. The van der Waals surface area contributed by atoms with E-state index in [-0.39, 0.29) is 5.69 Å². The molecule has 1 N–H and O–H groups in total. The molecule has 0 fully saturated rings. The van der Waals surface area contributed by atoms with Crippen LogP contribution in [-0.4, -0.2) is 24.7 Å². The van der Waals surface area contributed by atoms with Gasteiger partial charge in [-0.25, -0.2) is 0 Å². The van der Waals surface area contributed by atoms with Crippen LogP contribution in [0.2, 0.25) is 0 Å². The second-order valence-corrected chi connectivity index (χ2v) is 3.16. The largest absolute Gasteiger partial charge is 0.416 e. The van der Waals surface area contributed by atoms with Gasteiger partial charge in [0.1, 0.15) is 6.61 Å². The van der Waals surface area contributed by atoms with E-state index in [1.54, 1.807) is 0 Å². The predicted molar refractivity (Wildman–Crippen MR) is 51.9 cm³/mol. The first kappa shape index (κ1) is 12.5. The van der Waals surface area contributed by atoms with Gasteiger partial charge in [-0.15, -0.1) is 0 Å². The summed E-state index contributed by atoms with van der Waals surface area (Å²) in [4.78, 5) is 12.0. The molecular formula is C10H10F3NO2. The van der Waals surface area contributed by atoms with Crippen LogP contribution in [0.15, 0.2) is 24.3 Å². The van der Waals surface area contributed by atoms with E-state index in [1.807, 2.05) is 0 Å². The summed E-state index contributed by atoms with van der Waals surface area (Å²) in [7, 11) is 1.30. The highest BCUT2D eigenvalue weighted by atomic mass is 19.4. The van der Waals surface area contributed by atoms with Gasteiger partial charge in [-0.3, -0.25) is 4.79 Å². The van der Waals surface area contributed by atoms with E-state index in [4.69, 9.17) is 5.11 Å². The molecule has 1 rings (SSSR count). The van der Waals surface area contributed by atoms with E-state index in [0.29, 0.717) is 0 Å². The maximum atomic E-state index is 12.4. The number of anilines is 1.